The predicted octanol–water partition coefficient (Wildman–Crippen LogP) is 2.68. The van der Waals surface area contributed by atoms with E-state index in [0.717, 1.165) is 15.8 Å². The van der Waals surface area contributed by atoms with Gasteiger partial charge in [0.1, 0.15) is 0 Å². The van der Waals surface area contributed by atoms with Crippen LogP contribution >= 0.6 is 11.3 Å². The van der Waals surface area contributed by atoms with Gasteiger partial charge in [0, 0.05) is 6.07 Å². The van der Waals surface area contributed by atoms with Gasteiger partial charge in [0.25, 0.3) is 0 Å². The Morgan fingerprint density at radius 2 is 2.27 bits per heavy atom. The highest BCUT2D eigenvalue weighted by Crippen LogP contribution is 2.19. The number of thiazole rings is 1. The molecule has 0 aliphatic rings. The van der Waals surface area contributed by atoms with Crippen LogP contribution in [-0.4, -0.2) is 15.6 Å². The van der Waals surface area contributed by atoms with Crippen LogP contribution in [0.25, 0.3) is 10.2 Å². The topological polar surface area (TPSA) is 60.4 Å². The van der Waals surface area contributed by atoms with Gasteiger partial charge >= 0.3 is 5.91 Å². The summed E-state index contributed by atoms with van der Waals surface area (Å²) in [5.74, 6) is 2.26. The lowest BCUT2D eigenvalue weighted by Gasteiger charge is -1.99. The molecule has 22 heavy (non-hydrogen) atoms. The highest BCUT2D eigenvalue weighted by Gasteiger charge is 2.12. The van der Waals surface area contributed by atoms with Crippen molar-refractivity contribution in [2.24, 2.45) is 4.99 Å². The van der Waals surface area contributed by atoms with E-state index in [4.69, 9.17) is 10.9 Å². The Bertz CT molecular complexity index is 969. The summed E-state index contributed by atoms with van der Waals surface area (Å²) in [6, 6.07) is 7.61. The Labute approximate surface area is 130 Å². The lowest BCUT2D eigenvalue weighted by molar-refractivity contribution is 0.0962. The highest BCUT2D eigenvalue weighted by molar-refractivity contribution is 7.16. The van der Waals surface area contributed by atoms with Crippen molar-refractivity contribution >= 4 is 27.5 Å². The summed E-state index contributed by atoms with van der Waals surface area (Å²) in [5, 5.41) is 3.70. The van der Waals surface area contributed by atoms with Gasteiger partial charge in [-0.05, 0) is 31.5 Å². The highest BCUT2D eigenvalue weighted by atomic mass is 32.1. The molecule has 0 aliphatic carbocycles. The van der Waals surface area contributed by atoms with Crippen LogP contribution in [-0.2, 0) is 6.54 Å². The van der Waals surface area contributed by atoms with Crippen molar-refractivity contribution in [1.82, 2.24) is 9.72 Å². The SMILES string of the molecule is C#CCn1c(=NC(=O)c2cc(C)no2)sc2cc(C)ccc21. The third kappa shape index (κ3) is 2.59. The molecule has 6 heteroatoms. The summed E-state index contributed by atoms with van der Waals surface area (Å²) in [6.07, 6.45) is 5.43. The number of fused-ring (bicyclic) bond motifs is 1. The maximum absolute atomic E-state index is 12.2. The van der Waals surface area contributed by atoms with E-state index in [9.17, 15) is 4.79 Å². The Kier molecular flexibility index (Phi) is 3.65. The molecule has 0 fully saturated rings. The number of rotatable bonds is 2. The van der Waals surface area contributed by atoms with E-state index in [0.29, 0.717) is 17.0 Å². The second-order valence-corrected chi connectivity index (χ2v) is 5.90. The molecule has 3 aromatic rings. The first-order valence-corrected chi connectivity index (χ1v) is 7.46. The Balaban J connectivity index is 2.17. The third-order valence-electron chi connectivity index (χ3n) is 3.12. The average Bonchev–Trinajstić information content (AvgIpc) is 3.04. The van der Waals surface area contributed by atoms with Crippen molar-refractivity contribution in [3.05, 3.63) is 46.1 Å². The standard InChI is InChI=1S/C16H13N3O2S/c1-4-7-19-12-6-5-10(2)8-14(12)22-16(19)17-15(20)13-9-11(3)18-21-13/h1,5-6,8-9H,7H2,2-3H3. The number of hydrogen-bond donors (Lipinski definition) is 0. The summed E-state index contributed by atoms with van der Waals surface area (Å²) in [4.78, 5) is 16.9. The molecule has 1 aromatic carbocycles. The summed E-state index contributed by atoms with van der Waals surface area (Å²) in [7, 11) is 0. The number of nitrogens with zero attached hydrogens (tertiary/aromatic N) is 3. The van der Waals surface area contributed by atoms with E-state index >= 15 is 0 Å². The number of amides is 1. The molecule has 0 unspecified atom stereocenters. The molecule has 0 saturated heterocycles. The fraction of sp³-hybridized carbons (Fsp3) is 0.188. The number of carbonyl (C=O) groups excluding carboxylic acids is 1. The first-order valence-electron chi connectivity index (χ1n) is 6.64. The maximum atomic E-state index is 12.2. The summed E-state index contributed by atoms with van der Waals surface area (Å²) in [6.45, 7) is 4.12. The van der Waals surface area contributed by atoms with E-state index in [-0.39, 0.29) is 5.76 Å². The first kappa shape index (κ1) is 14.3. The number of carbonyl (C=O) groups is 1. The van der Waals surface area contributed by atoms with Gasteiger partial charge in [-0.25, -0.2) is 0 Å². The minimum Gasteiger partial charge on any atom is -0.351 e. The van der Waals surface area contributed by atoms with Gasteiger partial charge in [-0.2, -0.15) is 4.99 Å². The van der Waals surface area contributed by atoms with Gasteiger partial charge in [0.05, 0.1) is 22.5 Å². The zero-order valence-corrected chi connectivity index (χ0v) is 13.0. The Hall–Kier alpha value is -2.65. The molecule has 0 bridgehead atoms. The van der Waals surface area contributed by atoms with Crippen molar-refractivity contribution in [2.45, 2.75) is 20.4 Å². The number of benzene rings is 1. The zero-order chi connectivity index (χ0) is 15.7. The molecule has 2 heterocycles. The molecule has 0 radical (unpaired) electrons. The van der Waals surface area contributed by atoms with Gasteiger partial charge in [0.15, 0.2) is 4.80 Å². The van der Waals surface area contributed by atoms with Gasteiger partial charge in [-0.15, -0.1) is 6.42 Å². The summed E-state index contributed by atoms with van der Waals surface area (Å²) >= 11 is 1.43. The van der Waals surface area contributed by atoms with E-state index in [2.05, 4.69) is 22.1 Å². The van der Waals surface area contributed by atoms with Crippen molar-refractivity contribution in [2.75, 3.05) is 0 Å². The largest absolute Gasteiger partial charge is 0.351 e. The molecular formula is C16H13N3O2S. The maximum Gasteiger partial charge on any atom is 0.318 e. The molecule has 0 N–H and O–H groups in total. The number of aryl methyl sites for hydroxylation is 2. The van der Waals surface area contributed by atoms with E-state index in [1.165, 1.54) is 11.3 Å². The number of terminal acetylenes is 1. The molecular weight excluding hydrogens is 298 g/mol. The smallest absolute Gasteiger partial charge is 0.318 e. The quantitative estimate of drug-likeness (QED) is 0.684. The van der Waals surface area contributed by atoms with Gasteiger partial charge in [0.2, 0.25) is 5.76 Å². The van der Waals surface area contributed by atoms with Crippen molar-refractivity contribution in [3.8, 4) is 12.3 Å². The van der Waals surface area contributed by atoms with Gasteiger partial charge in [-0.1, -0.05) is 28.5 Å². The van der Waals surface area contributed by atoms with Crippen LogP contribution in [0, 0.1) is 26.2 Å². The van der Waals surface area contributed by atoms with Crippen LogP contribution in [0.4, 0.5) is 0 Å². The molecule has 5 nitrogen and oxygen atoms in total. The normalized spacial score (nSPS) is 11.8. The minimum atomic E-state index is -0.463. The van der Waals surface area contributed by atoms with E-state index in [1.807, 2.05) is 23.6 Å². The van der Waals surface area contributed by atoms with E-state index in [1.54, 1.807) is 13.0 Å². The van der Waals surface area contributed by atoms with Crippen LogP contribution in [0.1, 0.15) is 21.8 Å². The second kappa shape index (κ2) is 5.62. The van der Waals surface area contributed by atoms with Crippen LogP contribution in [0.3, 0.4) is 0 Å². The second-order valence-electron chi connectivity index (χ2n) is 4.90. The lowest BCUT2D eigenvalue weighted by Crippen LogP contribution is -2.16. The zero-order valence-electron chi connectivity index (χ0n) is 12.2. The van der Waals surface area contributed by atoms with Crippen molar-refractivity contribution < 1.29 is 9.32 Å². The van der Waals surface area contributed by atoms with Crippen LogP contribution in [0.2, 0.25) is 0 Å². The third-order valence-corrected chi connectivity index (χ3v) is 4.16. The minimum absolute atomic E-state index is 0.124. The Morgan fingerprint density at radius 3 is 2.95 bits per heavy atom. The van der Waals surface area contributed by atoms with Gasteiger partial charge in [-0.3, -0.25) is 4.79 Å². The van der Waals surface area contributed by atoms with E-state index < -0.39 is 5.91 Å². The molecule has 110 valence electrons. The fourth-order valence-electron chi connectivity index (χ4n) is 2.12. The summed E-state index contributed by atoms with van der Waals surface area (Å²) in [5.41, 5.74) is 2.75. The lowest BCUT2D eigenvalue weighted by atomic mass is 10.2. The fourth-order valence-corrected chi connectivity index (χ4v) is 3.24. The molecule has 1 amide bonds. The predicted molar refractivity (Wildman–Crippen MR) is 84.5 cm³/mol. The van der Waals surface area contributed by atoms with Crippen LogP contribution in [0.5, 0.6) is 0 Å². The molecule has 2 aromatic heterocycles. The monoisotopic (exact) mass is 311 g/mol. The molecule has 3 rings (SSSR count). The average molecular weight is 311 g/mol. The van der Waals surface area contributed by atoms with Gasteiger partial charge < -0.3 is 9.09 Å². The van der Waals surface area contributed by atoms with Crippen LogP contribution < -0.4 is 4.80 Å². The molecule has 0 aliphatic heterocycles. The number of aromatic nitrogens is 2. The molecule has 0 atom stereocenters. The summed E-state index contributed by atoms with van der Waals surface area (Å²) < 4.78 is 7.84. The van der Waals surface area contributed by atoms with Crippen LogP contribution in [0.15, 0.2) is 33.8 Å². The molecule has 0 spiro atoms. The van der Waals surface area contributed by atoms with Crippen molar-refractivity contribution in [3.63, 3.8) is 0 Å². The molecule has 0 saturated carbocycles. The van der Waals surface area contributed by atoms with Crippen molar-refractivity contribution in [1.29, 1.82) is 0 Å². The first-order chi connectivity index (χ1) is 10.6. The number of hydrogen-bond acceptors (Lipinski definition) is 4. The Morgan fingerprint density at radius 1 is 1.45 bits per heavy atom.